The van der Waals surface area contributed by atoms with Crippen LogP contribution in [0.25, 0.3) is 0 Å². The van der Waals surface area contributed by atoms with Gasteiger partial charge in [0.15, 0.2) is 0 Å². The monoisotopic (exact) mass is 235 g/mol. The highest BCUT2D eigenvalue weighted by Crippen LogP contribution is 2.64. The maximum atomic E-state index is 12.3. The second-order valence-electron chi connectivity index (χ2n) is 5.14. The van der Waals surface area contributed by atoms with Crippen molar-refractivity contribution in [1.29, 1.82) is 0 Å². The molecule has 2 aromatic rings. The number of fused-ring (bicyclic) bond motifs is 2. The van der Waals surface area contributed by atoms with Gasteiger partial charge >= 0.3 is 0 Å². The third-order valence-corrected chi connectivity index (χ3v) is 4.22. The summed E-state index contributed by atoms with van der Waals surface area (Å²) < 4.78 is 0. The lowest BCUT2D eigenvalue weighted by Gasteiger charge is -2.08. The van der Waals surface area contributed by atoms with Gasteiger partial charge in [0, 0.05) is 11.6 Å². The van der Waals surface area contributed by atoms with Crippen LogP contribution in [-0.4, -0.2) is 5.91 Å². The molecule has 2 heteroatoms. The summed E-state index contributed by atoms with van der Waals surface area (Å²) in [5.74, 6) is 0.500. The van der Waals surface area contributed by atoms with Gasteiger partial charge in [0.1, 0.15) is 0 Å². The minimum atomic E-state index is -0.294. The van der Waals surface area contributed by atoms with E-state index in [4.69, 9.17) is 0 Å². The Labute approximate surface area is 106 Å². The molecule has 2 unspecified atom stereocenters. The maximum absolute atomic E-state index is 12.3. The average molecular weight is 235 g/mol. The summed E-state index contributed by atoms with van der Waals surface area (Å²) in [6.45, 7) is 0. The van der Waals surface area contributed by atoms with Crippen LogP contribution in [0.2, 0.25) is 0 Å². The highest BCUT2D eigenvalue weighted by atomic mass is 16.2. The number of nitrogens with one attached hydrogen (secondary N) is 1. The summed E-state index contributed by atoms with van der Waals surface area (Å²) >= 11 is 0. The molecule has 1 fully saturated rings. The van der Waals surface area contributed by atoms with Gasteiger partial charge in [-0.15, -0.1) is 0 Å². The average Bonchev–Trinajstić information content (AvgIpc) is 3.10. The number of hydrogen-bond acceptors (Lipinski definition) is 1. The molecule has 0 radical (unpaired) electrons. The molecule has 1 spiro atoms. The molecule has 2 aromatic carbocycles. The van der Waals surface area contributed by atoms with Gasteiger partial charge in [-0.05, 0) is 23.6 Å². The van der Waals surface area contributed by atoms with Crippen molar-refractivity contribution in [1.82, 2.24) is 0 Å². The predicted octanol–water partition coefficient (Wildman–Crippen LogP) is 3.06. The van der Waals surface area contributed by atoms with Gasteiger partial charge in [-0.3, -0.25) is 4.79 Å². The molecule has 1 saturated carbocycles. The summed E-state index contributed by atoms with van der Waals surface area (Å²) in [6.07, 6.45) is 0.930. The van der Waals surface area contributed by atoms with Crippen molar-refractivity contribution in [2.45, 2.75) is 17.8 Å². The molecular formula is C16H13NO. The lowest BCUT2D eigenvalue weighted by molar-refractivity contribution is -0.118. The fraction of sp³-hybridized carbons (Fsp3) is 0.188. The second kappa shape index (κ2) is 3.22. The Balaban J connectivity index is 1.81. The number of benzene rings is 2. The summed E-state index contributed by atoms with van der Waals surface area (Å²) in [7, 11) is 0. The van der Waals surface area contributed by atoms with Crippen molar-refractivity contribution in [3.8, 4) is 0 Å². The van der Waals surface area contributed by atoms with Crippen LogP contribution in [0.4, 0.5) is 5.69 Å². The molecule has 0 aromatic heterocycles. The van der Waals surface area contributed by atoms with E-state index in [0.29, 0.717) is 5.92 Å². The van der Waals surface area contributed by atoms with Gasteiger partial charge < -0.3 is 5.32 Å². The number of para-hydroxylation sites is 1. The summed E-state index contributed by atoms with van der Waals surface area (Å²) in [5.41, 5.74) is 3.13. The number of amides is 1. The zero-order valence-electron chi connectivity index (χ0n) is 9.89. The van der Waals surface area contributed by atoms with E-state index >= 15 is 0 Å². The third-order valence-electron chi connectivity index (χ3n) is 4.22. The minimum Gasteiger partial charge on any atom is -0.325 e. The molecule has 18 heavy (non-hydrogen) atoms. The van der Waals surface area contributed by atoms with Crippen LogP contribution in [0.1, 0.15) is 23.5 Å². The molecule has 4 rings (SSSR count). The molecule has 1 amide bonds. The normalized spacial score (nSPS) is 28.0. The first-order chi connectivity index (χ1) is 8.82. The van der Waals surface area contributed by atoms with E-state index in [1.54, 1.807) is 0 Å². The van der Waals surface area contributed by atoms with Gasteiger partial charge in [-0.1, -0.05) is 48.5 Å². The van der Waals surface area contributed by atoms with E-state index in [2.05, 4.69) is 23.5 Å². The van der Waals surface area contributed by atoms with Gasteiger partial charge in [0.05, 0.1) is 5.41 Å². The summed E-state index contributed by atoms with van der Waals surface area (Å²) in [5, 5.41) is 3.01. The quantitative estimate of drug-likeness (QED) is 0.808. The van der Waals surface area contributed by atoms with Gasteiger partial charge in [0.25, 0.3) is 0 Å². The molecule has 0 bridgehead atoms. The van der Waals surface area contributed by atoms with Crippen LogP contribution >= 0.6 is 0 Å². The van der Waals surface area contributed by atoms with Crippen molar-refractivity contribution in [2.24, 2.45) is 0 Å². The van der Waals surface area contributed by atoms with Crippen LogP contribution in [0.15, 0.2) is 54.6 Å². The summed E-state index contributed by atoms with van der Waals surface area (Å²) in [4.78, 5) is 12.3. The van der Waals surface area contributed by atoms with E-state index in [9.17, 15) is 4.79 Å². The third kappa shape index (κ3) is 1.10. The maximum Gasteiger partial charge on any atom is 0.235 e. The van der Waals surface area contributed by atoms with Crippen molar-refractivity contribution in [2.75, 3.05) is 5.32 Å². The zero-order chi connectivity index (χ0) is 12.2. The van der Waals surface area contributed by atoms with E-state index in [-0.39, 0.29) is 11.3 Å². The number of carbonyl (C=O) groups is 1. The van der Waals surface area contributed by atoms with Crippen LogP contribution in [0, 0.1) is 0 Å². The molecule has 2 atom stereocenters. The summed E-state index contributed by atoms with van der Waals surface area (Å²) in [6, 6.07) is 18.4. The van der Waals surface area contributed by atoms with E-state index in [1.165, 1.54) is 11.1 Å². The van der Waals surface area contributed by atoms with Crippen LogP contribution in [0.5, 0.6) is 0 Å². The molecule has 0 saturated heterocycles. The topological polar surface area (TPSA) is 29.1 Å². The number of rotatable bonds is 1. The van der Waals surface area contributed by atoms with E-state index < -0.39 is 0 Å². The minimum absolute atomic E-state index is 0.164. The highest BCUT2D eigenvalue weighted by molar-refractivity contribution is 6.09. The molecule has 2 aliphatic rings. The first-order valence-electron chi connectivity index (χ1n) is 6.28. The highest BCUT2D eigenvalue weighted by Gasteiger charge is 2.64. The van der Waals surface area contributed by atoms with Crippen LogP contribution < -0.4 is 5.32 Å². The smallest absolute Gasteiger partial charge is 0.235 e. The molecular weight excluding hydrogens is 222 g/mol. The number of anilines is 1. The Hall–Kier alpha value is -2.09. The molecule has 2 nitrogen and oxygen atoms in total. The lowest BCUT2D eigenvalue weighted by Crippen LogP contribution is -2.20. The van der Waals surface area contributed by atoms with Crippen LogP contribution in [0.3, 0.4) is 0 Å². The standard InChI is InChI=1S/C16H13NO/c18-15-16(12-8-4-5-9-14(12)17-15)10-13(16)11-6-2-1-3-7-11/h1-9,13H,10H2,(H,17,18). The van der Waals surface area contributed by atoms with E-state index in [1.807, 2.05) is 36.4 Å². The van der Waals surface area contributed by atoms with Crippen molar-refractivity contribution in [3.63, 3.8) is 0 Å². The predicted molar refractivity (Wildman–Crippen MR) is 70.5 cm³/mol. The van der Waals surface area contributed by atoms with Gasteiger partial charge in [0.2, 0.25) is 5.91 Å². The molecule has 1 N–H and O–H groups in total. The first-order valence-corrected chi connectivity index (χ1v) is 6.28. The Morgan fingerprint density at radius 3 is 2.56 bits per heavy atom. The Morgan fingerprint density at radius 2 is 1.72 bits per heavy atom. The van der Waals surface area contributed by atoms with Crippen LogP contribution in [-0.2, 0) is 10.2 Å². The fourth-order valence-electron chi connectivity index (χ4n) is 3.24. The Kier molecular flexibility index (Phi) is 1.77. The van der Waals surface area contributed by atoms with E-state index in [0.717, 1.165) is 12.1 Å². The van der Waals surface area contributed by atoms with Gasteiger partial charge in [-0.25, -0.2) is 0 Å². The Morgan fingerprint density at radius 1 is 1.00 bits per heavy atom. The number of hydrogen-bond donors (Lipinski definition) is 1. The zero-order valence-corrected chi connectivity index (χ0v) is 9.89. The Bertz CT molecular complexity index is 635. The van der Waals surface area contributed by atoms with Crippen molar-refractivity contribution >= 4 is 11.6 Å². The van der Waals surface area contributed by atoms with Gasteiger partial charge in [-0.2, -0.15) is 0 Å². The molecule has 1 heterocycles. The second-order valence-corrected chi connectivity index (χ2v) is 5.14. The molecule has 88 valence electrons. The van der Waals surface area contributed by atoms with Crippen molar-refractivity contribution in [3.05, 3.63) is 65.7 Å². The lowest BCUT2D eigenvalue weighted by atomic mass is 9.92. The largest absolute Gasteiger partial charge is 0.325 e. The first kappa shape index (κ1) is 9.89. The molecule has 1 aliphatic heterocycles. The SMILES string of the molecule is O=C1Nc2ccccc2C12CC2c1ccccc1. The van der Waals surface area contributed by atoms with Crippen molar-refractivity contribution < 1.29 is 4.79 Å². The molecule has 1 aliphatic carbocycles. The fourth-order valence-corrected chi connectivity index (χ4v) is 3.24. The number of carbonyl (C=O) groups excluding carboxylic acids is 1.